The van der Waals surface area contributed by atoms with Crippen LogP contribution in [0.3, 0.4) is 0 Å². The van der Waals surface area contributed by atoms with Crippen molar-refractivity contribution < 1.29 is 18.3 Å². The highest BCUT2D eigenvalue weighted by atomic mass is 32.2. The van der Waals surface area contributed by atoms with E-state index in [9.17, 15) is 13.2 Å². The predicted octanol–water partition coefficient (Wildman–Crippen LogP) is 1.37. The summed E-state index contributed by atoms with van der Waals surface area (Å²) in [5.74, 6) is -1.16. The Balaban J connectivity index is 2.82. The van der Waals surface area contributed by atoms with Crippen molar-refractivity contribution in [1.82, 2.24) is 9.71 Å². The van der Waals surface area contributed by atoms with E-state index in [0.29, 0.717) is 11.4 Å². The van der Waals surface area contributed by atoms with Crippen LogP contribution in [0.15, 0.2) is 10.4 Å². The van der Waals surface area contributed by atoms with Crippen LogP contribution in [0.25, 0.3) is 0 Å². The lowest BCUT2D eigenvalue weighted by atomic mass is 10.1. The highest BCUT2D eigenvalue weighted by Crippen LogP contribution is 2.18. The van der Waals surface area contributed by atoms with E-state index in [2.05, 4.69) is 9.71 Å². The summed E-state index contributed by atoms with van der Waals surface area (Å²) in [6, 6.07) is -1.09. The van der Waals surface area contributed by atoms with Gasteiger partial charge in [0.05, 0.1) is 11.2 Å². The number of nitrogens with zero attached hydrogens (tertiary/aromatic N) is 1. The van der Waals surface area contributed by atoms with Crippen LogP contribution in [0.4, 0.5) is 0 Å². The lowest BCUT2D eigenvalue weighted by molar-refractivity contribution is -0.139. The molecule has 1 aromatic heterocycles. The van der Waals surface area contributed by atoms with Gasteiger partial charge in [-0.25, -0.2) is 13.4 Å². The normalized spacial score (nSPS) is 13.4. The van der Waals surface area contributed by atoms with Crippen molar-refractivity contribution in [3.63, 3.8) is 0 Å². The molecule has 1 aromatic rings. The summed E-state index contributed by atoms with van der Waals surface area (Å²) >= 11 is 1.02. The molecule has 1 unspecified atom stereocenters. The van der Waals surface area contributed by atoms with Crippen LogP contribution in [0.5, 0.6) is 0 Å². The van der Waals surface area contributed by atoms with Crippen LogP contribution in [-0.2, 0) is 14.8 Å². The predicted molar refractivity (Wildman–Crippen MR) is 68.1 cm³/mol. The van der Waals surface area contributed by atoms with E-state index in [1.807, 2.05) is 6.92 Å². The van der Waals surface area contributed by atoms with E-state index in [-0.39, 0.29) is 10.6 Å². The summed E-state index contributed by atoms with van der Waals surface area (Å²) in [6.07, 6.45) is 2.98. The van der Waals surface area contributed by atoms with Crippen molar-refractivity contribution >= 4 is 27.3 Å². The average molecular weight is 292 g/mol. The highest BCUT2D eigenvalue weighted by Gasteiger charge is 2.26. The number of aromatic nitrogens is 1. The Morgan fingerprint density at radius 3 is 2.72 bits per heavy atom. The molecule has 1 atom stereocenters. The number of rotatable bonds is 7. The van der Waals surface area contributed by atoms with E-state index in [4.69, 9.17) is 5.11 Å². The van der Waals surface area contributed by atoms with E-state index in [0.717, 1.165) is 17.8 Å². The molecule has 0 amide bonds. The maximum Gasteiger partial charge on any atom is 0.321 e. The quantitative estimate of drug-likeness (QED) is 0.791. The van der Waals surface area contributed by atoms with Gasteiger partial charge in [0, 0.05) is 0 Å². The molecule has 0 aliphatic carbocycles. The second kappa shape index (κ2) is 6.26. The number of hydrogen-bond donors (Lipinski definition) is 2. The minimum atomic E-state index is -3.79. The molecule has 0 radical (unpaired) electrons. The summed E-state index contributed by atoms with van der Waals surface area (Å²) in [7, 11) is -3.79. The fourth-order valence-corrected chi connectivity index (χ4v) is 3.70. The third kappa shape index (κ3) is 4.04. The molecule has 0 aliphatic rings. The van der Waals surface area contributed by atoms with E-state index in [1.165, 1.54) is 6.20 Å². The molecule has 18 heavy (non-hydrogen) atoms. The minimum Gasteiger partial charge on any atom is -0.480 e. The molecule has 2 N–H and O–H groups in total. The van der Waals surface area contributed by atoms with Crippen molar-refractivity contribution in [1.29, 1.82) is 0 Å². The third-order valence-electron chi connectivity index (χ3n) is 2.31. The Bertz CT molecular complexity index is 510. The molecule has 102 valence electrons. The molecule has 0 aromatic carbocycles. The monoisotopic (exact) mass is 292 g/mol. The fraction of sp³-hybridized carbons (Fsp3) is 0.600. The van der Waals surface area contributed by atoms with Gasteiger partial charge in [0.2, 0.25) is 0 Å². The van der Waals surface area contributed by atoms with Gasteiger partial charge >= 0.3 is 5.97 Å². The van der Waals surface area contributed by atoms with Crippen LogP contribution in [0.1, 0.15) is 31.2 Å². The first-order valence-corrected chi connectivity index (χ1v) is 7.84. The zero-order valence-electron chi connectivity index (χ0n) is 10.2. The number of carboxylic acids is 1. The molecule has 0 saturated carbocycles. The first kappa shape index (κ1) is 15.1. The van der Waals surface area contributed by atoms with Crippen molar-refractivity contribution in [2.75, 3.05) is 0 Å². The van der Waals surface area contributed by atoms with Gasteiger partial charge in [-0.3, -0.25) is 4.79 Å². The number of hydrogen-bond acceptors (Lipinski definition) is 5. The van der Waals surface area contributed by atoms with Crippen molar-refractivity contribution in [3.05, 3.63) is 11.2 Å². The summed E-state index contributed by atoms with van der Waals surface area (Å²) < 4.78 is 26.1. The maximum atomic E-state index is 11.9. The summed E-state index contributed by atoms with van der Waals surface area (Å²) in [5.41, 5.74) is 0. The molecule has 0 aliphatic heterocycles. The molecular weight excluding hydrogens is 276 g/mol. The van der Waals surface area contributed by atoms with Crippen LogP contribution >= 0.6 is 11.3 Å². The Morgan fingerprint density at radius 1 is 1.61 bits per heavy atom. The Hall–Kier alpha value is -0.990. The molecule has 1 heterocycles. The number of carboxylic acid groups (broad SMARTS) is 1. The number of aliphatic carboxylic acids is 1. The molecule has 0 spiro atoms. The zero-order chi connectivity index (χ0) is 13.8. The van der Waals surface area contributed by atoms with Crippen molar-refractivity contribution in [3.8, 4) is 0 Å². The van der Waals surface area contributed by atoms with Crippen molar-refractivity contribution in [2.24, 2.45) is 0 Å². The Kier molecular flexibility index (Phi) is 5.24. The Labute approximate surface area is 110 Å². The number of sulfonamides is 1. The molecule has 0 bridgehead atoms. The van der Waals surface area contributed by atoms with Gasteiger partial charge in [0.1, 0.15) is 6.04 Å². The fourth-order valence-electron chi connectivity index (χ4n) is 1.35. The topological polar surface area (TPSA) is 96.4 Å². The summed E-state index contributed by atoms with van der Waals surface area (Å²) in [6.45, 7) is 3.61. The lowest BCUT2D eigenvalue weighted by Gasteiger charge is -2.13. The van der Waals surface area contributed by atoms with Crippen LogP contribution in [0, 0.1) is 6.92 Å². The van der Waals surface area contributed by atoms with E-state index < -0.39 is 22.0 Å². The number of carbonyl (C=O) groups is 1. The maximum absolute atomic E-state index is 11.9. The standard InChI is InChI=1S/C10H16N2O4S2/c1-3-4-5-8(10(13)14)12-18(15,16)9-6-11-7(2)17-9/h6,8,12H,3-5H2,1-2H3,(H,13,14). The molecule has 8 heteroatoms. The van der Waals surface area contributed by atoms with Gasteiger partial charge in [0.15, 0.2) is 4.21 Å². The van der Waals surface area contributed by atoms with Crippen LogP contribution in [0.2, 0.25) is 0 Å². The molecule has 0 saturated heterocycles. The number of nitrogens with one attached hydrogen (secondary N) is 1. The summed E-state index contributed by atoms with van der Waals surface area (Å²) in [4.78, 5) is 14.8. The second-order valence-electron chi connectivity index (χ2n) is 3.85. The van der Waals surface area contributed by atoms with Gasteiger partial charge in [-0.15, -0.1) is 11.3 Å². The molecular formula is C10H16N2O4S2. The zero-order valence-corrected chi connectivity index (χ0v) is 11.8. The average Bonchev–Trinajstić information content (AvgIpc) is 2.71. The number of unbranched alkanes of at least 4 members (excludes halogenated alkanes) is 1. The second-order valence-corrected chi connectivity index (χ2v) is 7.03. The largest absolute Gasteiger partial charge is 0.480 e. The van der Waals surface area contributed by atoms with Gasteiger partial charge < -0.3 is 5.11 Å². The number of aryl methyl sites for hydroxylation is 1. The minimum absolute atomic E-state index is 0.0442. The SMILES string of the molecule is CCCCC(NS(=O)(=O)c1cnc(C)s1)C(=O)O. The van der Waals surface area contributed by atoms with Gasteiger partial charge in [0.25, 0.3) is 10.0 Å². The van der Waals surface area contributed by atoms with E-state index >= 15 is 0 Å². The first-order chi connectivity index (χ1) is 8.36. The third-order valence-corrected chi connectivity index (χ3v) is 5.15. The number of thiazole rings is 1. The molecule has 0 fully saturated rings. The van der Waals surface area contributed by atoms with Gasteiger partial charge in [-0.2, -0.15) is 4.72 Å². The lowest BCUT2D eigenvalue weighted by Crippen LogP contribution is -2.40. The molecule has 1 rings (SSSR count). The van der Waals surface area contributed by atoms with Crippen LogP contribution in [-0.4, -0.2) is 30.5 Å². The smallest absolute Gasteiger partial charge is 0.321 e. The first-order valence-electron chi connectivity index (χ1n) is 5.54. The van der Waals surface area contributed by atoms with Gasteiger partial charge in [-0.1, -0.05) is 19.8 Å². The molecule has 6 nitrogen and oxygen atoms in total. The highest BCUT2D eigenvalue weighted by molar-refractivity contribution is 7.91. The summed E-state index contributed by atoms with van der Waals surface area (Å²) in [5, 5.41) is 9.60. The Morgan fingerprint density at radius 2 is 2.28 bits per heavy atom. The van der Waals surface area contributed by atoms with Crippen LogP contribution < -0.4 is 4.72 Å². The van der Waals surface area contributed by atoms with Gasteiger partial charge in [-0.05, 0) is 13.3 Å². The van der Waals surface area contributed by atoms with E-state index in [1.54, 1.807) is 6.92 Å². The van der Waals surface area contributed by atoms with Crippen molar-refractivity contribution in [2.45, 2.75) is 43.4 Å².